The van der Waals surface area contributed by atoms with Crippen molar-refractivity contribution in [3.63, 3.8) is 0 Å². The van der Waals surface area contributed by atoms with Crippen molar-refractivity contribution >= 4 is 33.4 Å². The summed E-state index contributed by atoms with van der Waals surface area (Å²) in [7, 11) is 0. The highest BCUT2D eigenvalue weighted by Gasteiger charge is 2.15. The van der Waals surface area contributed by atoms with Gasteiger partial charge in [0.15, 0.2) is 0 Å². The smallest absolute Gasteiger partial charge is 0.0692 e. The van der Waals surface area contributed by atoms with Crippen LogP contribution in [0.1, 0.15) is 12.0 Å². The van der Waals surface area contributed by atoms with E-state index in [4.69, 9.17) is 5.84 Å². The number of thioether (sulfide) groups is 1. The van der Waals surface area contributed by atoms with Crippen molar-refractivity contribution in [3.8, 4) is 0 Å². The largest absolute Gasteiger partial charge is 0.323 e. The minimum Gasteiger partial charge on any atom is -0.323 e. The average molecular weight is 257 g/mol. The molecule has 0 aromatic heterocycles. The fraction of sp³-hybridized carbons (Fsp3) is 0.222. The van der Waals surface area contributed by atoms with Gasteiger partial charge in [-0.1, -0.05) is 15.9 Å². The number of benzene rings is 1. The van der Waals surface area contributed by atoms with Crippen LogP contribution in [0.2, 0.25) is 0 Å². The Morgan fingerprint density at radius 2 is 2.31 bits per heavy atom. The van der Waals surface area contributed by atoms with Crippen molar-refractivity contribution in [2.24, 2.45) is 10.9 Å². The molecule has 13 heavy (non-hydrogen) atoms. The highest BCUT2D eigenvalue weighted by molar-refractivity contribution is 9.10. The molecule has 0 fully saturated rings. The minimum absolute atomic E-state index is 0.963. The molecule has 1 aromatic carbocycles. The van der Waals surface area contributed by atoms with Crippen LogP contribution in [0.25, 0.3) is 0 Å². The third kappa shape index (κ3) is 1.74. The Bertz CT molecular complexity index is 363. The molecule has 0 radical (unpaired) electrons. The van der Waals surface area contributed by atoms with E-state index in [0.29, 0.717) is 0 Å². The normalized spacial score (nSPS) is 18.7. The van der Waals surface area contributed by atoms with E-state index in [1.54, 1.807) is 0 Å². The maximum Gasteiger partial charge on any atom is 0.0692 e. The standard InChI is InChI=1S/C9H9BrN2S/c10-6-1-2-9-7(5-6)8(12-11)3-4-13-9/h1-2,5H,3-4,11H2/b12-8-. The average Bonchev–Trinajstić information content (AvgIpc) is 2.17. The second-order valence-corrected chi connectivity index (χ2v) is 4.87. The zero-order valence-corrected chi connectivity index (χ0v) is 9.36. The molecule has 1 aliphatic rings. The van der Waals surface area contributed by atoms with Crippen molar-refractivity contribution in [2.45, 2.75) is 11.3 Å². The molecule has 2 N–H and O–H groups in total. The van der Waals surface area contributed by atoms with Crippen molar-refractivity contribution in [2.75, 3.05) is 5.75 Å². The lowest BCUT2D eigenvalue weighted by Gasteiger charge is -2.16. The van der Waals surface area contributed by atoms with Gasteiger partial charge in [0.05, 0.1) is 5.71 Å². The van der Waals surface area contributed by atoms with Crippen LogP contribution in [0.3, 0.4) is 0 Å². The van der Waals surface area contributed by atoms with Gasteiger partial charge in [-0.15, -0.1) is 11.8 Å². The molecule has 0 amide bonds. The maximum atomic E-state index is 5.33. The van der Waals surface area contributed by atoms with Crippen molar-refractivity contribution in [1.82, 2.24) is 0 Å². The lowest BCUT2D eigenvalue weighted by molar-refractivity contribution is 1.15. The highest BCUT2D eigenvalue weighted by atomic mass is 79.9. The Kier molecular flexibility index (Phi) is 2.60. The first-order valence-electron chi connectivity index (χ1n) is 4.01. The molecule has 1 aliphatic heterocycles. The molecule has 0 aliphatic carbocycles. The Morgan fingerprint density at radius 3 is 3.08 bits per heavy atom. The number of fused-ring (bicyclic) bond motifs is 1. The Balaban J connectivity index is 2.54. The van der Waals surface area contributed by atoms with Crippen molar-refractivity contribution in [1.29, 1.82) is 0 Å². The second-order valence-electron chi connectivity index (χ2n) is 2.81. The van der Waals surface area contributed by atoms with Gasteiger partial charge in [-0.25, -0.2) is 0 Å². The number of halogens is 1. The summed E-state index contributed by atoms with van der Waals surface area (Å²) >= 11 is 5.30. The SMILES string of the molecule is N/N=C1/CCSc2ccc(Br)cc21. The molecular formula is C9H9BrN2S. The molecule has 2 nitrogen and oxygen atoms in total. The molecular weight excluding hydrogens is 248 g/mol. The van der Waals surface area contributed by atoms with Crippen LogP contribution in [0.5, 0.6) is 0 Å². The van der Waals surface area contributed by atoms with Gasteiger partial charge in [0.1, 0.15) is 0 Å². The molecule has 1 heterocycles. The Morgan fingerprint density at radius 1 is 1.46 bits per heavy atom. The highest BCUT2D eigenvalue weighted by Crippen LogP contribution is 2.31. The lowest BCUT2D eigenvalue weighted by atomic mass is 10.1. The lowest BCUT2D eigenvalue weighted by Crippen LogP contribution is -2.11. The summed E-state index contributed by atoms with van der Waals surface area (Å²) in [6, 6.07) is 6.23. The summed E-state index contributed by atoms with van der Waals surface area (Å²) in [6.45, 7) is 0. The van der Waals surface area contributed by atoms with Gasteiger partial charge in [0, 0.05) is 27.1 Å². The van der Waals surface area contributed by atoms with Crippen LogP contribution in [0.15, 0.2) is 32.7 Å². The molecule has 0 atom stereocenters. The van der Waals surface area contributed by atoms with Crippen LogP contribution in [0.4, 0.5) is 0 Å². The van der Waals surface area contributed by atoms with Gasteiger partial charge >= 0.3 is 0 Å². The number of rotatable bonds is 0. The number of nitrogens with two attached hydrogens (primary N) is 1. The van der Waals surface area contributed by atoms with E-state index in [2.05, 4.69) is 33.2 Å². The first-order chi connectivity index (χ1) is 6.31. The summed E-state index contributed by atoms with van der Waals surface area (Å²) in [4.78, 5) is 1.28. The first-order valence-corrected chi connectivity index (χ1v) is 5.78. The van der Waals surface area contributed by atoms with Crippen LogP contribution in [-0.4, -0.2) is 11.5 Å². The van der Waals surface area contributed by atoms with Gasteiger partial charge in [0.25, 0.3) is 0 Å². The van der Waals surface area contributed by atoms with E-state index in [1.165, 1.54) is 10.5 Å². The predicted octanol–water partition coefficient (Wildman–Crippen LogP) is 2.61. The van der Waals surface area contributed by atoms with Crippen LogP contribution in [0, 0.1) is 0 Å². The molecule has 0 bridgehead atoms. The second kappa shape index (κ2) is 3.72. The van der Waals surface area contributed by atoms with E-state index < -0.39 is 0 Å². The van der Waals surface area contributed by atoms with E-state index in [1.807, 2.05) is 17.8 Å². The number of hydrazone groups is 1. The summed E-state index contributed by atoms with van der Waals surface area (Å²) in [6.07, 6.45) is 0.963. The molecule has 0 spiro atoms. The Hall–Kier alpha value is -0.480. The summed E-state index contributed by atoms with van der Waals surface area (Å²) in [5, 5.41) is 3.81. The van der Waals surface area contributed by atoms with Gasteiger partial charge in [-0.2, -0.15) is 5.10 Å². The maximum absolute atomic E-state index is 5.33. The van der Waals surface area contributed by atoms with Gasteiger partial charge in [-0.3, -0.25) is 0 Å². The Labute approximate surface area is 89.7 Å². The number of nitrogens with zero attached hydrogens (tertiary/aromatic N) is 1. The fourth-order valence-corrected chi connectivity index (χ4v) is 2.75. The number of hydrogen-bond donors (Lipinski definition) is 1. The van der Waals surface area contributed by atoms with Crippen LogP contribution < -0.4 is 5.84 Å². The van der Waals surface area contributed by atoms with Gasteiger partial charge in [0.2, 0.25) is 0 Å². The summed E-state index contributed by atoms with van der Waals surface area (Å²) in [5.41, 5.74) is 2.18. The summed E-state index contributed by atoms with van der Waals surface area (Å²) in [5.74, 6) is 6.41. The molecule has 0 saturated carbocycles. The van der Waals surface area contributed by atoms with Gasteiger partial charge < -0.3 is 5.84 Å². The van der Waals surface area contributed by atoms with Gasteiger partial charge in [-0.05, 0) is 18.2 Å². The molecule has 4 heteroatoms. The zero-order valence-electron chi connectivity index (χ0n) is 6.96. The topological polar surface area (TPSA) is 38.4 Å². The molecule has 2 rings (SSSR count). The van der Waals surface area contributed by atoms with E-state index >= 15 is 0 Å². The minimum atomic E-state index is 0.963. The van der Waals surface area contributed by atoms with E-state index in [0.717, 1.165) is 22.4 Å². The third-order valence-electron chi connectivity index (χ3n) is 2.00. The number of hydrogen-bond acceptors (Lipinski definition) is 3. The first kappa shape index (κ1) is 9.09. The predicted molar refractivity (Wildman–Crippen MR) is 60.2 cm³/mol. The fourth-order valence-electron chi connectivity index (χ4n) is 1.38. The molecule has 68 valence electrons. The van der Waals surface area contributed by atoms with Crippen LogP contribution >= 0.6 is 27.7 Å². The quantitative estimate of drug-likeness (QED) is 0.573. The van der Waals surface area contributed by atoms with E-state index in [-0.39, 0.29) is 0 Å². The summed E-state index contributed by atoms with van der Waals surface area (Å²) < 4.78 is 1.08. The molecule has 1 aromatic rings. The molecule has 0 unspecified atom stereocenters. The van der Waals surface area contributed by atoms with Crippen molar-refractivity contribution < 1.29 is 0 Å². The molecule has 0 saturated heterocycles. The van der Waals surface area contributed by atoms with Crippen LogP contribution in [-0.2, 0) is 0 Å². The third-order valence-corrected chi connectivity index (χ3v) is 3.57. The van der Waals surface area contributed by atoms with E-state index in [9.17, 15) is 0 Å². The zero-order chi connectivity index (χ0) is 9.26. The van der Waals surface area contributed by atoms with Crippen molar-refractivity contribution in [3.05, 3.63) is 28.2 Å². The monoisotopic (exact) mass is 256 g/mol.